The number of aryl methyl sites for hydroxylation is 1. The van der Waals surface area contributed by atoms with Gasteiger partial charge in [0.15, 0.2) is 0 Å². The van der Waals surface area contributed by atoms with Crippen LogP contribution in [0.15, 0.2) is 12.1 Å². The number of nitriles is 1. The third kappa shape index (κ3) is 19.0. The summed E-state index contributed by atoms with van der Waals surface area (Å²) in [6.45, 7) is 4.44. The maximum absolute atomic E-state index is 15.7. The quantitative estimate of drug-likeness (QED) is 0.297. The smallest absolute Gasteiger partial charge is 0.248 e. The van der Waals surface area contributed by atoms with Gasteiger partial charge in [-0.1, -0.05) is 108 Å². The van der Waals surface area contributed by atoms with Crippen LogP contribution in [0.4, 0.5) is 0 Å². The molecule has 6 fully saturated rings. The second-order valence-electron chi connectivity index (χ2n) is 28.4. The molecule has 3 saturated heterocycles. The van der Waals surface area contributed by atoms with Gasteiger partial charge in [-0.05, 0) is 119 Å². The average molecular weight is 1390 g/mol. The summed E-state index contributed by atoms with van der Waals surface area (Å²) in [5.41, 5.74) is -0.894. The van der Waals surface area contributed by atoms with E-state index in [0.717, 1.165) is 67.6 Å². The van der Waals surface area contributed by atoms with Crippen LogP contribution in [0.1, 0.15) is 180 Å². The highest BCUT2D eigenvalue weighted by Crippen LogP contribution is 2.37. The van der Waals surface area contributed by atoms with Gasteiger partial charge in [-0.25, -0.2) is 0 Å². The molecule has 536 valence electrons. The number of fused-ring (bicyclic) bond motifs is 1. The summed E-state index contributed by atoms with van der Waals surface area (Å²) in [5, 5.41) is 18.9. The molecule has 12 amide bonds. The number of hydrogen-bond acceptors (Lipinski definition) is 13. The monoisotopic (exact) mass is 1390 g/mol. The van der Waals surface area contributed by atoms with Crippen molar-refractivity contribution in [3.05, 3.63) is 33.3 Å². The highest BCUT2D eigenvalue weighted by atomic mass is 35.5. The van der Waals surface area contributed by atoms with E-state index in [2.05, 4.69) is 16.0 Å². The molecule has 0 bridgehead atoms. The van der Waals surface area contributed by atoms with Gasteiger partial charge in [0.05, 0.1) is 41.7 Å². The molecule has 6 aliphatic rings. The largest absolute Gasteiger partial charge is 0.343 e. The van der Waals surface area contributed by atoms with Crippen LogP contribution in [0, 0.1) is 29.1 Å². The second kappa shape index (κ2) is 35.1. The van der Waals surface area contributed by atoms with E-state index in [0.29, 0.717) is 70.0 Å². The molecular weight excluding hydrogens is 1290 g/mol. The molecule has 0 aromatic heterocycles. The van der Waals surface area contributed by atoms with Crippen molar-refractivity contribution >= 4 is 94.1 Å². The Labute approximate surface area is 582 Å². The molecule has 7 rings (SSSR count). The molecule has 25 nitrogen and oxygen atoms in total. The molecule has 1 spiro atoms. The fourth-order valence-corrected chi connectivity index (χ4v) is 15.5. The van der Waals surface area contributed by atoms with Crippen LogP contribution in [-0.4, -0.2) is 251 Å². The Hall–Kier alpha value is -7.07. The van der Waals surface area contributed by atoms with Crippen molar-refractivity contribution in [1.29, 1.82) is 5.26 Å². The lowest BCUT2D eigenvalue weighted by atomic mass is 9.81. The topological polar surface area (TPSA) is 294 Å². The van der Waals surface area contributed by atoms with Gasteiger partial charge >= 0.3 is 0 Å². The van der Waals surface area contributed by atoms with Gasteiger partial charge in [-0.3, -0.25) is 57.5 Å². The summed E-state index contributed by atoms with van der Waals surface area (Å²) in [7, 11) is 10.1. The number of nitrogens with one attached hydrogen (secondary N) is 3. The predicted molar refractivity (Wildman–Crippen MR) is 365 cm³/mol. The molecule has 3 aliphatic carbocycles. The lowest BCUT2D eigenvalue weighted by molar-refractivity contribution is -0.157. The highest BCUT2D eigenvalue weighted by Gasteiger charge is 2.51. The maximum Gasteiger partial charge on any atom is 0.248 e. The molecular formula is C70H105Cl2N13O12. The van der Waals surface area contributed by atoms with Crippen molar-refractivity contribution < 1.29 is 57.5 Å². The molecule has 1 aromatic rings. The highest BCUT2D eigenvalue weighted by molar-refractivity contribution is 6.42. The van der Waals surface area contributed by atoms with Crippen LogP contribution in [-0.2, 0) is 64.0 Å². The summed E-state index contributed by atoms with van der Waals surface area (Å²) in [4.78, 5) is 190. The lowest BCUT2D eigenvalue weighted by Gasteiger charge is -2.43. The number of halogens is 2. The molecule has 97 heavy (non-hydrogen) atoms. The van der Waals surface area contributed by atoms with Gasteiger partial charge in [0.25, 0.3) is 0 Å². The Balaban J connectivity index is 1.27. The first-order valence-corrected chi connectivity index (χ1v) is 36.0. The van der Waals surface area contributed by atoms with Crippen LogP contribution in [0.3, 0.4) is 0 Å². The Kier molecular flexibility index (Phi) is 28.0. The fraction of sp³-hybridized carbons (Fsp3) is 0.729. The zero-order valence-electron chi connectivity index (χ0n) is 58.8. The first-order valence-electron chi connectivity index (χ1n) is 35.2. The number of piperidine rings is 1. The van der Waals surface area contributed by atoms with Crippen LogP contribution < -0.4 is 16.0 Å². The number of benzene rings is 1. The second-order valence-corrected chi connectivity index (χ2v) is 29.2. The molecule has 1 aromatic carbocycles. The average Bonchev–Trinajstić information content (AvgIpc) is 1.71. The van der Waals surface area contributed by atoms with Gasteiger partial charge in [-0.15, -0.1) is 0 Å². The van der Waals surface area contributed by atoms with Gasteiger partial charge in [-0.2, -0.15) is 5.26 Å². The molecule has 3 saturated carbocycles. The van der Waals surface area contributed by atoms with Gasteiger partial charge < -0.3 is 60.0 Å². The van der Waals surface area contributed by atoms with E-state index in [1.54, 1.807) is 24.9 Å². The van der Waals surface area contributed by atoms with Crippen molar-refractivity contribution in [2.24, 2.45) is 17.8 Å². The summed E-state index contributed by atoms with van der Waals surface area (Å²) >= 11 is 12.8. The number of amides is 12. The standard InChI is InChI=1S/C70H105Cl2N13O12/c1-11-44(2)60-67(95)79(6)42-57(88)77(4)43-58(89)81(8)53(38-46-24-15-12-16-25-46)65(93)78(5)41-55(86)74-51(30-29-47-36-49(40-73)59(72)50(71)37-47)64(92)85-35-23-28-52(85)63(91)76-70(31-19-20-32-70)69(97)83(10)61(48-26-17-13-18-27-48)68(96)82(9)54(66(94)84-33-21-14-22-34-84)39-56(87)80(7)45(3)62(90)75-60/h36-37,44-46,48,51-54,60-61H,11-35,38-39,41-43H2,1-10H3,(H,74,86)(H,75,90)(H,76,91)/t44-,45-,51-,52-,53-,54-,60-,61-/m0/s1. The minimum atomic E-state index is -1.52. The third-order valence-electron chi connectivity index (χ3n) is 21.7. The van der Waals surface area contributed by atoms with Crippen LogP contribution in [0.2, 0.25) is 10.0 Å². The van der Waals surface area contributed by atoms with E-state index >= 15 is 19.2 Å². The van der Waals surface area contributed by atoms with Crippen molar-refractivity contribution in [3.8, 4) is 6.07 Å². The van der Waals surface area contributed by atoms with E-state index in [1.165, 1.54) is 84.7 Å². The third-order valence-corrected chi connectivity index (χ3v) is 22.5. The summed E-state index contributed by atoms with van der Waals surface area (Å²) in [5.74, 6) is -8.02. The number of nitrogens with zero attached hydrogens (tertiary/aromatic N) is 10. The first kappa shape index (κ1) is 77.3. The Morgan fingerprint density at radius 2 is 1.25 bits per heavy atom. The zero-order valence-corrected chi connectivity index (χ0v) is 60.3. The van der Waals surface area contributed by atoms with E-state index in [-0.39, 0.29) is 72.5 Å². The normalized spacial score (nSPS) is 27.1. The van der Waals surface area contributed by atoms with Gasteiger partial charge in [0.2, 0.25) is 70.9 Å². The lowest BCUT2D eigenvalue weighted by Crippen LogP contribution is -2.65. The van der Waals surface area contributed by atoms with Crippen LogP contribution in [0.5, 0.6) is 0 Å². The summed E-state index contributed by atoms with van der Waals surface area (Å²) < 4.78 is 0. The summed E-state index contributed by atoms with van der Waals surface area (Å²) in [6.07, 6.45) is 12.8. The van der Waals surface area contributed by atoms with Crippen molar-refractivity contribution in [2.75, 3.05) is 88.6 Å². The molecule has 3 heterocycles. The number of carbonyl (C=O) groups is 12. The molecule has 3 N–H and O–H groups in total. The van der Waals surface area contributed by atoms with Gasteiger partial charge in [0, 0.05) is 69.0 Å². The number of rotatable bonds is 9. The Morgan fingerprint density at radius 1 is 0.639 bits per heavy atom. The van der Waals surface area contributed by atoms with Crippen LogP contribution >= 0.6 is 23.2 Å². The van der Waals surface area contributed by atoms with Gasteiger partial charge in [0.1, 0.15) is 53.9 Å². The van der Waals surface area contributed by atoms with Crippen LogP contribution in [0.25, 0.3) is 0 Å². The van der Waals surface area contributed by atoms with Crippen molar-refractivity contribution in [2.45, 2.75) is 223 Å². The predicted octanol–water partition coefficient (Wildman–Crippen LogP) is 4.90. The molecule has 8 atom stereocenters. The first-order chi connectivity index (χ1) is 46.0. The maximum atomic E-state index is 15.7. The molecule has 27 heteroatoms. The van der Waals surface area contributed by atoms with E-state index in [1.807, 2.05) is 13.0 Å². The zero-order chi connectivity index (χ0) is 71.2. The fourth-order valence-electron chi connectivity index (χ4n) is 15.1. The van der Waals surface area contributed by atoms with E-state index < -0.39 is 151 Å². The molecule has 0 radical (unpaired) electrons. The molecule has 3 aliphatic heterocycles. The van der Waals surface area contributed by atoms with E-state index in [9.17, 15) is 43.6 Å². The molecule has 0 unspecified atom stereocenters. The SMILES string of the molecule is CC[C@H](C)[C@@H]1NC(=O)[C@H](C)N(C)C(=O)C[C@@H](C(=O)N2CCCCC2)N(C)C(=O)[C@H](C2CCCCC2)N(C)C(=O)C2(CCCC2)NC(=O)[C@@H]2CCCN2C(=O)[C@H](CCc2cc(Cl)c(Cl)c(C#N)c2)NC(=O)CN(C)C(=O)[C@H](CC2CCCCC2)N(C)C(=O)CN(C)C(=O)CN(C)C1=O. The summed E-state index contributed by atoms with van der Waals surface area (Å²) in [6, 6.07) is -3.26. The van der Waals surface area contributed by atoms with E-state index in [4.69, 9.17) is 23.2 Å². The Morgan fingerprint density at radius 3 is 1.88 bits per heavy atom. The minimum absolute atomic E-state index is 0.0468. The number of likely N-dealkylation sites (N-methyl/N-ethyl adjacent to an activating group) is 7. The number of carbonyl (C=O) groups excluding carboxylic acids is 12. The number of hydrogen-bond donors (Lipinski definition) is 3. The van der Waals surface area contributed by atoms with Crippen molar-refractivity contribution in [1.82, 2.24) is 60.0 Å². The van der Waals surface area contributed by atoms with Crippen molar-refractivity contribution in [3.63, 3.8) is 0 Å². The Bertz CT molecular complexity index is 3100. The minimum Gasteiger partial charge on any atom is -0.343 e. The number of likely N-dealkylation sites (tertiary alicyclic amines) is 1.